The van der Waals surface area contributed by atoms with Crippen LogP contribution in [0.3, 0.4) is 0 Å². The van der Waals surface area contributed by atoms with Crippen molar-refractivity contribution in [3.05, 3.63) is 0 Å². The highest BCUT2D eigenvalue weighted by Crippen LogP contribution is 2.20. The zero-order valence-electron chi connectivity index (χ0n) is 10.2. The van der Waals surface area contributed by atoms with Gasteiger partial charge in [0.2, 0.25) is 5.91 Å². The molecule has 1 N–H and O–H groups in total. The van der Waals surface area contributed by atoms with Crippen molar-refractivity contribution in [1.29, 1.82) is 5.26 Å². The van der Waals surface area contributed by atoms with Gasteiger partial charge in [0.15, 0.2) is 0 Å². The first-order valence-electron chi connectivity index (χ1n) is 5.62. The van der Waals surface area contributed by atoms with Crippen LogP contribution in [0.5, 0.6) is 0 Å². The minimum atomic E-state index is 0.0268. The van der Waals surface area contributed by atoms with Gasteiger partial charge in [-0.05, 0) is 24.7 Å². The molecule has 0 radical (unpaired) electrons. The molecule has 0 aliphatic heterocycles. The molecule has 3 heteroatoms. The van der Waals surface area contributed by atoms with Gasteiger partial charge in [-0.1, -0.05) is 27.7 Å². The quantitative estimate of drug-likeness (QED) is 0.684. The first kappa shape index (κ1) is 14.0. The van der Waals surface area contributed by atoms with Crippen LogP contribution < -0.4 is 5.32 Å². The van der Waals surface area contributed by atoms with Crippen LogP contribution in [0.15, 0.2) is 0 Å². The molecule has 0 aromatic rings. The predicted molar refractivity (Wildman–Crippen MR) is 61.0 cm³/mol. The topological polar surface area (TPSA) is 52.9 Å². The molecule has 0 heterocycles. The lowest BCUT2D eigenvalue weighted by atomic mass is 9.89. The molecule has 0 aliphatic rings. The van der Waals surface area contributed by atoms with Gasteiger partial charge in [0.05, 0.1) is 6.07 Å². The van der Waals surface area contributed by atoms with Gasteiger partial charge in [-0.15, -0.1) is 0 Å². The van der Waals surface area contributed by atoms with Crippen LogP contribution in [-0.2, 0) is 4.79 Å². The Morgan fingerprint density at radius 1 is 1.20 bits per heavy atom. The Kier molecular flexibility index (Phi) is 6.77. The minimum absolute atomic E-state index is 0.0268. The van der Waals surface area contributed by atoms with E-state index >= 15 is 0 Å². The third kappa shape index (κ3) is 6.96. The van der Waals surface area contributed by atoms with Gasteiger partial charge in [-0.3, -0.25) is 4.79 Å². The fourth-order valence-electron chi connectivity index (χ4n) is 1.72. The largest absolute Gasteiger partial charge is 0.343 e. The first-order chi connectivity index (χ1) is 6.97. The summed E-state index contributed by atoms with van der Waals surface area (Å²) in [6, 6.07) is 1.93. The third-order valence-corrected chi connectivity index (χ3v) is 2.22. The molecule has 0 rings (SSSR count). The number of nitrogens with zero attached hydrogens (tertiary/aromatic N) is 1. The normalized spacial score (nSPS) is 10.8. The highest BCUT2D eigenvalue weighted by atomic mass is 16.1. The Labute approximate surface area is 92.9 Å². The molecule has 3 nitrogen and oxygen atoms in total. The number of carbonyl (C=O) groups excluding carboxylic acids is 1. The summed E-state index contributed by atoms with van der Waals surface area (Å²) in [5.41, 5.74) is 0. The molecule has 0 fully saturated rings. The Morgan fingerprint density at radius 2 is 1.67 bits per heavy atom. The lowest BCUT2D eigenvalue weighted by molar-refractivity contribution is -0.125. The van der Waals surface area contributed by atoms with Crippen molar-refractivity contribution >= 4 is 5.91 Å². The number of rotatable bonds is 6. The van der Waals surface area contributed by atoms with Crippen molar-refractivity contribution < 1.29 is 4.79 Å². The maximum absolute atomic E-state index is 11.7. The second-order valence-electron chi connectivity index (χ2n) is 4.83. The molecule has 1 amide bonds. The highest BCUT2D eigenvalue weighted by molar-refractivity contribution is 5.78. The van der Waals surface area contributed by atoms with Gasteiger partial charge >= 0.3 is 0 Å². The van der Waals surface area contributed by atoms with E-state index in [0.29, 0.717) is 11.8 Å². The third-order valence-electron chi connectivity index (χ3n) is 2.22. The summed E-state index contributed by atoms with van der Waals surface area (Å²) in [6.45, 7) is 8.58. The summed E-state index contributed by atoms with van der Waals surface area (Å²) in [7, 11) is 0. The van der Waals surface area contributed by atoms with Gasteiger partial charge in [0.1, 0.15) is 6.54 Å². The van der Waals surface area contributed by atoms with E-state index in [1.165, 1.54) is 0 Å². The molecular weight excluding hydrogens is 188 g/mol. The number of hydrogen-bond donors (Lipinski definition) is 1. The van der Waals surface area contributed by atoms with E-state index in [-0.39, 0.29) is 18.4 Å². The van der Waals surface area contributed by atoms with E-state index in [2.05, 4.69) is 33.0 Å². The van der Waals surface area contributed by atoms with E-state index in [9.17, 15) is 4.79 Å². The van der Waals surface area contributed by atoms with Gasteiger partial charge in [-0.25, -0.2) is 0 Å². The summed E-state index contributed by atoms with van der Waals surface area (Å²) < 4.78 is 0. The molecule has 0 bridgehead atoms. The van der Waals surface area contributed by atoms with Crippen molar-refractivity contribution in [3.8, 4) is 6.07 Å². The molecule has 0 aliphatic carbocycles. The summed E-state index contributed by atoms with van der Waals surface area (Å²) in [5, 5.41) is 11.0. The Bertz CT molecular complexity index is 218. The van der Waals surface area contributed by atoms with E-state index in [1.54, 1.807) is 0 Å². The zero-order chi connectivity index (χ0) is 11.8. The van der Waals surface area contributed by atoms with E-state index in [1.807, 2.05) is 6.07 Å². The number of amides is 1. The van der Waals surface area contributed by atoms with Crippen molar-refractivity contribution in [1.82, 2.24) is 5.32 Å². The van der Waals surface area contributed by atoms with Crippen LogP contribution in [0.4, 0.5) is 0 Å². The van der Waals surface area contributed by atoms with E-state index in [4.69, 9.17) is 5.26 Å². The molecule has 0 saturated heterocycles. The Balaban J connectivity index is 4.21. The van der Waals surface area contributed by atoms with Gasteiger partial charge in [0, 0.05) is 5.92 Å². The monoisotopic (exact) mass is 210 g/mol. The van der Waals surface area contributed by atoms with Crippen molar-refractivity contribution in [3.63, 3.8) is 0 Å². The molecule has 15 heavy (non-hydrogen) atoms. The molecule has 0 aromatic heterocycles. The van der Waals surface area contributed by atoms with Crippen molar-refractivity contribution in [2.24, 2.45) is 17.8 Å². The minimum Gasteiger partial charge on any atom is -0.343 e. The second kappa shape index (κ2) is 7.28. The van der Waals surface area contributed by atoms with Crippen molar-refractivity contribution in [2.45, 2.75) is 40.5 Å². The van der Waals surface area contributed by atoms with Crippen molar-refractivity contribution in [2.75, 3.05) is 6.54 Å². The summed E-state index contributed by atoms with van der Waals surface area (Å²) in [4.78, 5) is 11.7. The molecule has 0 atom stereocenters. The summed E-state index contributed by atoms with van der Waals surface area (Å²) >= 11 is 0. The van der Waals surface area contributed by atoms with Gasteiger partial charge in [-0.2, -0.15) is 5.26 Å². The molecule has 0 spiro atoms. The fourth-order valence-corrected chi connectivity index (χ4v) is 1.72. The molecule has 86 valence electrons. The second-order valence-corrected chi connectivity index (χ2v) is 4.83. The van der Waals surface area contributed by atoms with Crippen LogP contribution in [-0.4, -0.2) is 12.5 Å². The van der Waals surface area contributed by atoms with Crippen LogP contribution in [0.25, 0.3) is 0 Å². The number of carbonyl (C=O) groups is 1. The number of nitriles is 1. The number of nitrogens with one attached hydrogen (secondary N) is 1. The predicted octanol–water partition coefficient (Wildman–Crippen LogP) is 2.33. The Hall–Kier alpha value is -1.04. The number of hydrogen-bond acceptors (Lipinski definition) is 2. The summed E-state index contributed by atoms with van der Waals surface area (Å²) in [5.74, 6) is 1.11. The molecular formula is C12H22N2O. The SMILES string of the molecule is CC(C)CC(CC(C)C)C(=O)NCC#N. The molecule has 0 aromatic carbocycles. The van der Waals surface area contributed by atoms with E-state index in [0.717, 1.165) is 12.8 Å². The zero-order valence-corrected chi connectivity index (χ0v) is 10.2. The van der Waals surface area contributed by atoms with Crippen LogP contribution in [0, 0.1) is 29.1 Å². The molecule has 0 saturated carbocycles. The maximum Gasteiger partial charge on any atom is 0.223 e. The average Bonchev–Trinajstić information content (AvgIpc) is 2.11. The average molecular weight is 210 g/mol. The fraction of sp³-hybridized carbons (Fsp3) is 0.833. The lowest BCUT2D eigenvalue weighted by Gasteiger charge is -2.19. The first-order valence-corrected chi connectivity index (χ1v) is 5.62. The maximum atomic E-state index is 11.7. The van der Waals surface area contributed by atoms with Crippen LogP contribution in [0.1, 0.15) is 40.5 Å². The standard InChI is InChI=1S/C12H22N2O/c1-9(2)7-11(8-10(3)4)12(15)14-6-5-13/h9-11H,6-8H2,1-4H3,(H,14,15). The smallest absolute Gasteiger partial charge is 0.223 e. The van der Waals surface area contributed by atoms with Crippen LogP contribution in [0.2, 0.25) is 0 Å². The van der Waals surface area contributed by atoms with Gasteiger partial charge in [0.25, 0.3) is 0 Å². The lowest BCUT2D eigenvalue weighted by Crippen LogP contribution is -2.32. The van der Waals surface area contributed by atoms with E-state index < -0.39 is 0 Å². The summed E-state index contributed by atoms with van der Waals surface area (Å²) in [6.07, 6.45) is 1.80. The molecule has 0 unspecified atom stereocenters. The van der Waals surface area contributed by atoms with Gasteiger partial charge < -0.3 is 5.32 Å². The highest BCUT2D eigenvalue weighted by Gasteiger charge is 2.20. The van der Waals surface area contributed by atoms with Crippen LogP contribution >= 0.6 is 0 Å². The Morgan fingerprint density at radius 3 is 2.00 bits per heavy atom.